The van der Waals surface area contributed by atoms with Crippen LogP contribution < -0.4 is 0 Å². The van der Waals surface area contributed by atoms with Gasteiger partial charge in [-0.15, -0.1) is 10.2 Å². The Morgan fingerprint density at radius 2 is 2.14 bits per heavy atom. The molecule has 0 unspecified atom stereocenters. The molecule has 0 aromatic carbocycles. The Morgan fingerprint density at radius 1 is 1.50 bits per heavy atom. The molecule has 1 heterocycles. The van der Waals surface area contributed by atoms with E-state index in [4.69, 9.17) is 28.0 Å². The molecule has 0 aliphatic heterocycles. The van der Waals surface area contributed by atoms with Crippen molar-refractivity contribution in [2.45, 2.75) is 0 Å². The first-order valence-corrected chi connectivity index (χ1v) is 4.32. The fraction of sp³-hybridized carbons (Fsp3) is 0.286. The van der Waals surface area contributed by atoms with Crippen molar-refractivity contribution in [2.75, 3.05) is 14.2 Å². The van der Waals surface area contributed by atoms with E-state index in [1.807, 2.05) is 0 Å². The van der Waals surface area contributed by atoms with Crippen LogP contribution in [-0.4, -0.2) is 35.3 Å². The van der Waals surface area contributed by atoms with E-state index in [1.165, 1.54) is 20.2 Å². The van der Waals surface area contributed by atoms with Gasteiger partial charge in [0.15, 0.2) is 10.3 Å². The molecule has 0 fully saturated rings. The summed E-state index contributed by atoms with van der Waals surface area (Å²) in [6, 6.07) is 1.33. The lowest BCUT2D eigenvalue weighted by Crippen LogP contribution is -2.26. The lowest BCUT2D eigenvalue weighted by molar-refractivity contribution is -0.0757. The van der Waals surface area contributed by atoms with Crippen LogP contribution in [0.1, 0.15) is 10.4 Å². The molecular formula is C7H7Cl2N3O2. The van der Waals surface area contributed by atoms with Crippen molar-refractivity contribution in [3.8, 4) is 0 Å². The van der Waals surface area contributed by atoms with Gasteiger partial charge in [-0.25, -0.2) is 5.06 Å². The second-order valence-electron chi connectivity index (χ2n) is 2.36. The molecule has 0 spiro atoms. The average Bonchev–Trinajstić information content (AvgIpc) is 2.19. The highest BCUT2D eigenvalue weighted by Gasteiger charge is 2.17. The van der Waals surface area contributed by atoms with Crippen LogP contribution in [0.2, 0.25) is 10.3 Å². The largest absolute Gasteiger partial charge is 0.280 e. The molecule has 14 heavy (non-hydrogen) atoms. The summed E-state index contributed by atoms with van der Waals surface area (Å²) in [7, 11) is 2.81. The van der Waals surface area contributed by atoms with E-state index in [9.17, 15) is 4.79 Å². The molecule has 0 aliphatic rings. The predicted octanol–water partition coefficient (Wildman–Crippen LogP) is 1.42. The molecule has 0 bridgehead atoms. The van der Waals surface area contributed by atoms with E-state index in [-0.39, 0.29) is 15.9 Å². The normalized spacial score (nSPS) is 10.0. The Labute approximate surface area is 90.5 Å². The Kier molecular flexibility index (Phi) is 3.62. The smallest absolute Gasteiger partial charge is 0.274 e. The number of hydroxylamine groups is 2. The zero-order valence-corrected chi connectivity index (χ0v) is 9.00. The van der Waals surface area contributed by atoms with Gasteiger partial charge in [-0.3, -0.25) is 9.63 Å². The van der Waals surface area contributed by atoms with E-state index in [0.29, 0.717) is 0 Å². The van der Waals surface area contributed by atoms with Crippen molar-refractivity contribution >= 4 is 29.1 Å². The van der Waals surface area contributed by atoms with Crippen molar-refractivity contribution in [3.63, 3.8) is 0 Å². The predicted molar refractivity (Wildman–Crippen MR) is 51.2 cm³/mol. The SMILES string of the molecule is CON(C)C(=O)c1cc(Cl)nnc1Cl. The summed E-state index contributed by atoms with van der Waals surface area (Å²) in [6.07, 6.45) is 0. The molecule has 0 saturated heterocycles. The summed E-state index contributed by atoms with van der Waals surface area (Å²) >= 11 is 11.2. The number of carbonyl (C=O) groups excluding carboxylic acids is 1. The number of nitrogens with zero attached hydrogens (tertiary/aromatic N) is 3. The van der Waals surface area contributed by atoms with Gasteiger partial charge in [0, 0.05) is 7.05 Å². The van der Waals surface area contributed by atoms with Gasteiger partial charge in [0.25, 0.3) is 5.91 Å². The van der Waals surface area contributed by atoms with E-state index in [2.05, 4.69) is 10.2 Å². The van der Waals surface area contributed by atoms with Gasteiger partial charge in [0.2, 0.25) is 0 Å². The van der Waals surface area contributed by atoms with Crippen molar-refractivity contribution in [1.82, 2.24) is 15.3 Å². The molecule has 0 aliphatic carbocycles. The van der Waals surface area contributed by atoms with Crippen molar-refractivity contribution in [3.05, 3.63) is 21.9 Å². The van der Waals surface area contributed by atoms with Crippen LogP contribution in [0.25, 0.3) is 0 Å². The third-order valence-corrected chi connectivity index (χ3v) is 1.97. The van der Waals surface area contributed by atoms with Crippen LogP contribution in [0, 0.1) is 0 Å². The van der Waals surface area contributed by atoms with Gasteiger partial charge < -0.3 is 0 Å². The van der Waals surface area contributed by atoms with Crippen LogP contribution in [-0.2, 0) is 4.84 Å². The van der Waals surface area contributed by atoms with Gasteiger partial charge in [-0.05, 0) is 6.07 Å². The summed E-state index contributed by atoms with van der Waals surface area (Å²) in [5.41, 5.74) is 0.149. The van der Waals surface area contributed by atoms with E-state index >= 15 is 0 Å². The molecule has 5 nitrogen and oxygen atoms in total. The molecule has 1 aromatic heterocycles. The molecule has 7 heteroatoms. The standard InChI is InChI=1S/C7H7Cl2N3O2/c1-12(14-2)7(13)4-3-5(8)10-11-6(4)9/h3H,1-2H3. The Balaban J connectivity index is 3.06. The minimum Gasteiger partial charge on any atom is -0.274 e. The summed E-state index contributed by atoms with van der Waals surface area (Å²) in [5.74, 6) is -0.436. The highest BCUT2D eigenvalue weighted by Crippen LogP contribution is 2.16. The first kappa shape index (κ1) is 11.2. The lowest BCUT2D eigenvalue weighted by atomic mass is 10.3. The van der Waals surface area contributed by atoms with Crippen LogP contribution in [0.5, 0.6) is 0 Å². The lowest BCUT2D eigenvalue weighted by Gasteiger charge is -2.13. The maximum atomic E-state index is 11.5. The van der Waals surface area contributed by atoms with Gasteiger partial charge in [-0.2, -0.15) is 0 Å². The Hall–Kier alpha value is -0.910. The summed E-state index contributed by atoms with van der Waals surface area (Å²) in [5, 5.41) is 8.08. The maximum absolute atomic E-state index is 11.5. The Morgan fingerprint density at radius 3 is 2.71 bits per heavy atom. The van der Waals surface area contributed by atoms with Crippen LogP contribution in [0.15, 0.2) is 6.07 Å². The first-order valence-electron chi connectivity index (χ1n) is 3.57. The fourth-order valence-corrected chi connectivity index (χ4v) is 1.08. The number of carbonyl (C=O) groups is 1. The highest BCUT2D eigenvalue weighted by atomic mass is 35.5. The number of aromatic nitrogens is 2. The highest BCUT2D eigenvalue weighted by molar-refractivity contribution is 6.34. The first-order chi connectivity index (χ1) is 6.56. The third-order valence-electron chi connectivity index (χ3n) is 1.51. The van der Waals surface area contributed by atoms with Crippen LogP contribution >= 0.6 is 23.2 Å². The molecule has 0 N–H and O–H groups in total. The summed E-state index contributed by atoms with van der Waals surface area (Å²) in [4.78, 5) is 16.2. The number of halogens is 2. The topological polar surface area (TPSA) is 55.3 Å². The van der Waals surface area contributed by atoms with E-state index in [1.54, 1.807) is 0 Å². The summed E-state index contributed by atoms with van der Waals surface area (Å²) < 4.78 is 0. The molecule has 1 aromatic rings. The minimum absolute atomic E-state index is 0.0108. The Bertz CT molecular complexity index is 359. The number of hydrogen-bond acceptors (Lipinski definition) is 4. The third kappa shape index (κ3) is 2.31. The fourth-order valence-electron chi connectivity index (χ4n) is 0.756. The number of amides is 1. The van der Waals surface area contributed by atoms with Gasteiger partial charge >= 0.3 is 0 Å². The number of hydrogen-bond donors (Lipinski definition) is 0. The zero-order chi connectivity index (χ0) is 10.7. The summed E-state index contributed by atoms with van der Waals surface area (Å²) in [6.45, 7) is 0. The monoisotopic (exact) mass is 235 g/mol. The molecule has 76 valence electrons. The maximum Gasteiger partial charge on any atom is 0.280 e. The van der Waals surface area contributed by atoms with E-state index < -0.39 is 5.91 Å². The van der Waals surface area contributed by atoms with Crippen LogP contribution in [0.4, 0.5) is 0 Å². The molecule has 0 radical (unpaired) electrons. The molecule has 0 atom stereocenters. The van der Waals surface area contributed by atoms with E-state index in [0.717, 1.165) is 5.06 Å². The van der Waals surface area contributed by atoms with Gasteiger partial charge in [-0.1, -0.05) is 23.2 Å². The van der Waals surface area contributed by atoms with Crippen molar-refractivity contribution < 1.29 is 9.63 Å². The quantitative estimate of drug-likeness (QED) is 0.728. The van der Waals surface area contributed by atoms with Crippen molar-refractivity contribution in [1.29, 1.82) is 0 Å². The zero-order valence-electron chi connectivity index (χ0n) is 7.49. The van der Waals surface area contributed by atoms with Gasteiger partial charge in [0.05, 0.1) is 12.7 Å². The minimum atomic E-state index is -0.436. The second-order valence-corrected chi connectivity index (χ2v) is 3.10. The molecule has 1 amide bonds. The van der Waals surface area contributed by atoms with Crippen LogP contribution in [0.3, 0.4) is 0 Å². The number of rotatable bonds is 2. The molecular weight excluding hydrogens is 229 g/mol. The average molecular weight is 236 g/mol. The van der Waals surface area contributed by atoms with Gasteiger partial charge in [0.1, 0.15) is 0 Å². The van der Waals surface area contributed by atoms with Crippen molar-refractivity contribution in [2.24, 2.45) is 0 Å². The second kappa shape index (κ2) is 4.54. The molecule has 0 saturated carbocycles. The molecule has 1 rings (SSSR count).